The van der Waals surface area contributed by atoms with E-state index in [0.29, 0.717) is 18.1 Å². The molecule has 6 heteroatoms. The Balaban J connectivity index is 1.75. The van der Waals surface area contributed by atoms with E-state index in [4.69, 9.17) is 9.72 Å². The quantitative estimate of drug-likeness (QED) is 0.326. The van der Waals surface area contributed by atoms with Gasteiger partial charge in [-0.25, -0.2) is 4.98 Å². The first-order valence-electron chi connectivity index (χ1n) is 13.9. The number of nitrogens with one attached hydrogen (secondary N) is 1. The van der Waals surface area contributed by atoms with E-state index in [1.165, 1.54) is 6.42 Å². The zero-order valence-electron chi connectivity index (χ0n) is 22.7. The standard InChI is InChI=1S/C30H42N4O2/c1-6-15-34(23-13-14-24-27(19-23)32-26(8-3)28(24)36-9-4)29-25(21(5)7-2)18-22(20-31-29)30(35)33-16-11-10-12-17-33/h13-14,18-21,32H,6-12,15-17H2,1-5H3. The smallest absolute Gasteiger partial charge is 0.255 e. The number of hydrogen-bond donors (Lipinski definition) is 1. The maximum atomic E-state index is 13.3. The number of benzene rings is 1. The molecule has 1 unspecified atom stereocenters. The summed E-state index contributed by atoms with van der Waals surface area (Å²) < 4.78 is 5.97. The van der Waals surface area contributed by atoms with Crippen LogP contribution in [0.15, 0.2) is 30.5 Å². The Morgan fingerprint density at radius 1 is 1.14 bits per heavy atom. The summed E-state index contributed by atoms with van der Waals surface area (Å²) in [6.07, 6.45) is 8.05. The second-order valence-electron chi connectivity index (χ2n) is 9.90. The van der Waals surface area contributed by atoms with Crippen molar-refractivity contribution in [2.45, 2.75) is 79.1 Å². The number of aromatic nitrogens is 2. The lowest BCUT2D eigenvalue weighted by Crippen LogP contribution is -2.35. The number of fused-ring (bicyclic) bond motifs is 1. The molecule has 1 N–H and O–H groups in total. The molecule has 3 aromatic rings. The van der Waals surface area contributed by atoms with E-state index in [1.807, 2.05) is 11.8 Å². The van der Waals surface area contributed by atoms with E-state index in [2.05, 4.69) is 61.8 Å². The summed E-state index contributed by atoms with van der Waals surface area (Å²) >= 11 is 0. The van der Waals surface area contributed by atoms with Crippen LogP contribution in [0.2, 0.25) is 0 Å². The number of anilines is 2. The van der Waals surface area contributed by atoms with Crippen molar-refractivity contribution in [1.29, 1.82) is 0 Å². The largest absolute Gasteiger partial charge is 0.491 e. The van der Waals surface area contributed by atoms with Crippen LogP contribution >= 0.6 is 0 Å². The number of carbonyl (C=O) groups is 1. The van der Waals surface area contributed by atoms with Crippen molar-refractivity contribution in [1.82, 2.24) is 14.9 Å². The number of carbonyl (C=O) groups excluding carboxylic acids is 1. The molecule has 0 saturated carbocycles. The summed E-state index contributed by atoms with van der Waals surface area (Å²) in [5.74, 6) is 2.32. The first-order chi connectivity index (χ1) is 17.5. The molecule has 3 heterocycles. The minimum absolute atomic E-state index is 0.115. The molecule has 0 aliphatic carbocycles. The number of likely N-dealkylation sites (tertiary alicyclic amines) is 1. The molecule has 1 amide bonds. The van der Waals surface area contributed by atoms with E-state index in [9.17, 15) is 4.79 Å². The fourth-order valence-electron chi connectivity index (χ4n) is 5.20. The van der Waals surface area contributed by atoms with E-state index in [-0.39, 0.29) is 5.91 Å². The lowest BCUT2D eigenvalue weighted by Gasteiger charge is -2.29. The Morgan fingerprint density at radius 2 is 1.92 bits per heavy atom. The predicted molar refractivity (Wildman–Crippen MR) is 149 cm³/mol. The summed E-state index contributed by atoms with van der Waals surface area (Å²) in [6.45, 7) is 14.0. The van der Waals surface area contributed by atoms with Gasteiger partial charge in [-0.05, 0) is 81.2 Å². The molecule has 1 atom stereocenters. The fourth-order valence-corrected chi connectivity index (χ4v) is 5.20. The van der Waals surface area contributed by atoms with Gasteiger partial charge in [0, 0.05) is 36.9 Å². The molecule has 2 aromatic heterocycles. The third kappa shape index (κ3) is 5.23. The maximum absolute atomic E-state index is 13.3. The van der Waals surface area contributed by atoms with Crippen molar-refractivity contribution in [3.63, 3.8) is 0 Å². The molecule has 194 valence electrons. The van der Waals surface area contributed by atoms with Crippen molar-refractivity contribution in [2.24, 2.45) is 0 Å². The van der Waals surface area contributed by atoms with Crippen LogP contribution in [0.5, 0.6) is 5.75 Å². The molecule has 6 nitrogen and oxygen atoms in total. The molecule has 0 spiro atoms. The van der Waals surface area contributed by atoms with Crippen molar-refractivity contribution in [3.8, 4) is 5.75 Å². The first-order valence-corrected chi connectivity index (χ1v) is 13.9. The highest BCUT2D eigenvalue weighted by Gasteiger charge is 2.24. The number of pyridine rings is 1. The number of nitrogens with zero attached hydrogens (tertiary/aromatic N) is 3. The Bertz CT molecular complexity index is 1180. The minimum Gasteiger partial charge on any atom is -0.491 e. The maximum Gasteiger partial charge on any atom is 0.255 e. The van der Waals surface area contributed by atoms with Gasteiger partial charge in [-0.15, -0.1) is 0 Å². The number of piperidine rings is 1. The van der Waals surface area contributed by atoms with Crippen LogP contribution in [-0.4, -0.2) is 47.0 Å². The van der Waals surface area contributed by atoms with Gasteiger partial charge in [-0.3, -0.25) is 4.79 Å². The highest BCUT2D eigenvalue weighted by Crippen LogP contribution is 2.37. The van der Waals surface area contributed by atoms with Gasteiger partial charge in [0.05, 0.1) is 23.4 Å². The molecule has 1 aliphatic rings. The topological polar surface area (TPSA) is 61.5 Å². The van der Waals surface area contributed by atoms with Gasteiger partial charge in [0.2, 0.25) is 0 Å². The minimum atomic E-state index is 0.115. The number of rotatable bonds is 10. The molecule has 1 aromatic carbocycles. The lowest BCUT2D eigenvalue weighted by molar-refractivity contribution is 0.0724. The van der Waals surface area contributed by atoms with Gasteiger partial charge in [0.1, 0.15) is 11.6 Å². The van der Waals surface area contributed by atoms with Crippen LogP contribution in [0.3, 0.4) is 0 Å². The van der Waals surface area contributed by atoms with Crippen LogP contribution in [0.25, 0.3) is 10.9 Å². The van der Waals surface area contributed by atoms with Crippen LogP contribution in [0.4, 0.5) is 11.5 Å². The van der Waals surface area contributed by atoms with Gasteiger partial charge in [0.25, 0.3) is 5.91 Å². The Morgan fingerprint density at radius 3 is 2.58 bits per heavy atom. The third-order valence-corrected chi connectivity index (χ3v) is 7.39. The van der Waals surface area contributed by atoms with Gasteiger partial charge in [0.15, 0.2) is 0 Å². The Kier molecular flexibility index (Phi) is 8.55. The molecular weight excluding hydrogens is 448 g/mol. The summed E-state index contributed by atoms with van der Waals surface area (Å²) in [4.78, 5) is 26.1. The second kappa shape index (κ2) is 11.8. The number of aromatic amines is 1. The average molecular weight is 491 g/mol. The van der Waals surface area contributed by atoms with E-state index in [1.54, 1.807) is 6.20 Å². The monoisotopic (exact) mass is 490 g/mol. The summed E-state index contributed by atoms with van der Waals surface area (Å²) in [5.41, 5.74) is 5.16. The number of hydrogen-bond acceptors (Lipinski definition) is 4. The SMILES string of the molecule is CCCN(c1ccc2c(OCC)c(CC)[nH]c2c1)c1ncc(C(=O)N2CCCCC2)cc1C(C)CC. The molecule has 0 radical (unpaired) electrons. The Hall–Kier alpha value is -3.02. The highest BCUT2D eigenvalue weighted by atomic mass is 16.5. The fraction of sp³-hybridized carbons (Fsp3) is 0.533. The zero-order valence-corrected chi connectivity index (χ0v) is 22.7. The normalized spacial score (nSPS) is 14.8. The summed E-state index contributed by atoms with van der Waals surface area (Å²) in [7, 11) is 0. The molecular formula is C30H42N4O2. The van der Waals surface area contributed by atoms with Gasteiger partial charge in [-0.1, -0.05) is 27.7 Å². The zero-order chi connectivity index (χ0) is 25.7. The molecule has 4 rings (SSSR count). The van der Waals surface area contributed by atoms with Gasteiger partial charge in [-0.2, -0.15) is 0 Å². The van der Waals surface area contributed by atoms with E-state index >= 15 is 0 Å². The van der Waals surface area contributed by atoms with E-state index in [0.717, 1.165) is 91.2 Å². The van der Waals surface area contributed by atoms with Crippen LogP contribution in [-0.2, 0) is 6.42 Å². The average Bonchev–Trinajstić information content (AvgIpc) is 3.28. The first kappa shape index (κ1) is 26.1. The van der Waals surface area contributed by atoms with Crippen molar-refractivity contribution in [3.05, 3.63) is 47.3 Å². The van der Waals surface area contributed by atoms with Crippen molar-refractivity contribution < 1.29 is 9.53 Å². The third-order valence-electron chi connectivity index (χ3n) is 7.39. The molecule has 36 heavy (non-hydrogen) atoms. The number of amides is 1. The van der Waals surface area contributed by atoms with Gasteiger partial charge >= 0.3 is 0 Å². The number of ether oxygens (including phenoxy) is 1. The van der Waals surface area contributed by atoms with Crippen LogP contribution in [0, 0.1) is 0 Å². The van der Waals surface area contributed by atoms with Crippen LogP contribution < -0.4 is 9.64 Å². The molecule has 1 aliphatic heterocycles. The molecule has 1 saturated heterocycles. The highest BCUT2D eigenvalue weighted by molar-refractivity contribution is 5.95. The van der Waals surface area contributed by atoms with Crippen molar-refractivity contribution >= 4 is 28.3 Å². The Labute approximate surface area is 216 Å². The predicted octanol–water partition coefficient (Wildman–Crippen LogP) is 7.21. The van der Waals surface area contributed by atoms with E-state index < -0.39 is 0 Å². The number of aryl methyl sites for hydroxylation is 1. The summed E-state index contributed by atoms with van der Waals surface area (Å²) in [6, 6.07) is 8.64. The lowest BCUT2D eigenvalue weighted by atomic mass is 9.96. The van der Waals surface area contributed by atoms with Gasteiger partial charge < -0.3 is 19.5 Å². The summed E-state index contributed by atoms with van der Waals surface area (Å²) in [5, 5.41) is 1.12. The van der Waals surface area contributed by atoms with Crippen LogP contribution in [0.1, 0.15) is 94.3 Å². The van der Waals surface area contributed by atoms with Crippen molar-refractivity contribution in [2.75, 3.05) is 31.1 Å². The second-order valence-corrected chi connectivity index (χ2v) is 9.90. The number of H-pyrrole nitrogens is 1. The molecule has 1 fully saturated rings. The molecule has 0 bridgehead atoms.